The van der Waals surface area contributed by atoms with E-state index in [-0.39, 0.29) is 0 Å². The Morgan fingerprint density at radius 2 is 1.92 bits per heavy atom. The number of hydrogen-bond donors (Lipinski definition) is 1. The third kappa shape index (κ3) is 3.14. The van der Waals surface area contributed by atoms with Gasteiger partial charge >= 0.3 is 0 Å². The van der Waals surface area contributed by atoms with Gasteiger partial charge in [0.05, 0.1) is 6.54 Å². The first-order valence-electron chi connectivity index (χ1n) is 4.54. The van der Waals surface area contributed by atoms with E-state index in [9.17, 15) is 4.79 Å². The van der Waals surface area contributed by atoms with Crippen LogP contribution in [0.25, 0.3) is 0 Å². The Morgan fingerprint density at radius 1 is 1.46 bits per heavy atom. The summed E-state index contributed by atoms with van der Waals surface area (Å²) < 4.78 is 0. The van der Waals surface area contributed by atoms with Gasteiger partial charge in [0.2, 0.25) is 0 Å². The molecule has 0 aromatic carbocycles. The van der Waals surface area contributed by atoms with Crippen molar-refractivity contribution in [1.29, 1.82) is 0 Å². The molecule has 4 nitrogen and oxygen atoms in total. The number of piperidine rings is 3. The van der Waals surface area contributed by atoms with Crippen molar-refractivity contribution in [2.24, 2.45) is 5.92 Å². The zero-order chi connectivity index (χ0) is 9.84. The van der Waals surface area contributed by atoms with Crippen LogP contribution < -0.4 is 0 Å². The van der Waals surface area contributed by atoms with Crippen LogP contribution in [0.3, 0.4) is 0 Å². The first-order valence-corrected chi connectivity index (χ1v) is 4.54. The lowest BCUT2D eigenvalue weighted by Crippen LogP contribution is -2.47. The number of carboxylic acids is 1. The van der Waals surface area contributed by atoms with E-state index in [2.05, 4.69) is 4.90 Å². The van der Waals surface area contributed by atoms with Crippen LogP contribution in [0.4, 0.5) is 0 Å². The number of nitrogens with zero attached hydrogens (tertiary/aromatic N) is 1. The molecular weight excluding hydrogens is 170 g/mol. The maximum Gasteiger partial charge on any atom is 0.300 e. The Morgan fingerprint density at radius 3 is 2.08 bits per heavy atom. The SMILES string of the molecule is CC(=O)O.O=C1CN2CCC1CC2. The van der Waals surface area contributed by atoms with Gasteiger partial charge in [0.15, 0.2) is 0 Å². The largest absolute Gasteiger partial charge is 0.481 e. The minimum Gasteiger partial charge on any atom is -0.481 e. The Bertz CT molecular complexity index is 203. The normalized spacial score (nSPS) is 30.7. The van der Waals surface area contributed by atoms with Crippen LogP contribution in [-0.4, -0.2) is 41.4 Å². The fraction of sp³-hybridized carbons (Fsp3) is 0.778. The molecule has 13 heavy (non-hydrogen) atoms. The number of rotatable bonds is 0. The first-order chi connectivity index (χ1) is 6.09. The van der Waals surface area contributed by atoms with Crippen LogP contribution in [-0.2, 0) is 9.59 Å². The van der Waals surface area contributed by atoms with E-state index >= 15 is 0 Å². The van der Waals surface area contributed by atoms with E-state index in [0.29, 0.717) is 11.7 Å². The lowest BCUT2D eigenvalue weighted by atomic mass is 9.87. The van der Waals surface area contributed by atoms with Gasteiger partial charge in [0.1, 0.15) is 5.78 Å². The molecule has 0 aromatic rings. The van der Waals surface area contributed by atoms with E-state index in [4.69, 9.17) is 9.90 Å². The average molecular weight is 185 g/mol. The molecule has 4 heteroatoms. The van der Waals surface area contributed by atoms with Crippen LogP contribution >= 0.6 is 0 Å². The molecule has 3 heterocycles. The van der Waals surface area contributed by atoms with Crippen molar-refractivity contribution in [3.8, 4) is 0 Å². The summed E-state index contributed by atoms with van der Waals surface area (Å²) in [5, 5.41) is 7.42. The zero-order valence-electron chi connectivity index (χ0n) is 7.82. The van der Waals surface area contributed by atoms with E-state index in [1.165, 1.54) is 0 Å². The quantitative estimate of drug-likeness (QED) is 0.592. The Hall–Kier alpha value is -0.900. The molecule has 1 N–H and O–H groups in total. The maximum absolute atomic E-state index is 11.0. The molecule has 0 unspecified atom stereocenters. The molecule has 0 atom stereocenters. The summed E-state index contributed by atoms with van der Waals surface area (Å²) in [6.07, 6.45) is 2.25. The summed E-state index contributed by atoms with van der Waals surface area (Å²) in [6, 6.07) is 0. The summed E-state index contributed by atoms with van der Waals surface area (Å²) in [6.45, 7) is 4.15. The molecule has 2 bridgehead atoms. The fourth-order valence-electron chi connectivity index (χ4n) is 1.76. The van der Waals surface area contributed by atoms with Gasteiger partial charge < -0.3 is 5.11 Å². The molecular formula is C9H15NO3. The number of carbonyl (C=O) groups excluding carboxylic acids is 1. The molecule has 3 rings (SSSR count). The van der Waals surface area contributed by atoms with Gasteiger partial charge in [-0.3, -0.25) is 14.5 Å². The van der Waals surface area contributed by atoms with E-state index in [1.54, 1.807) is 0 Å². The summed E-state index contributed by atoms with van der Waals surface area (Å²) in [7, 11) is 0. The number of aliphatic carboxylic acids is 1. The molecule has 3 saturated heterocycles. The topological polar surface area (TPSA) is 57.6 Å². The van der Waals surface area contributed by atoms with Gasteiger partial charge in [-0.05, 0) is 25.9 Å². The number of ketones is 1. The van der Waals surface area contributed by atoms with Crippen molar-refractivity contribution in [1.82, 2.24) is 4.90 Å². The highest BCUT2D eigenvalue weighted by molar-refractivity contribution is 5.84. The predicted molar refractivity (Wildman–Crippen MR) is 47.5 cm³/mol. The number of carbonyl (C=O) groups is 2. The smallest absolute Gasteiger partial charge is 0.300 e. The monoisotopic (exact) mass is 185 g/mol. The number of fused-ring (bicyclic) bond motifs is 3. The highest BCUT2D eigenvalue weighted by Gasteiger charge is 2.31. The van der Waals surface area contributed by atoms with Gasteiger partial charge in [-0.2, -0.15) is 0 Å². The molecule has 0 amide bonds. The van der Waals surface area contributed by atoms with Crippen molar-refractivity contribution in [2.45, 2.75) is 19.8 Å². The second-order valence-corrected chi connectivity index (χ2v) is 3.54. The molecule has 0 radical (unpaired) electrons. The Balaban J connectivity index is 0.000000184. The van der Waals surface area contributed by atoms with Crippen molar-refractivity contribution in [2.75, 3.05) is 19.6 Å². The van der Waals surface area contributed by atoms with E-state index < -0.39 is 5.97 Å². The molecule has 3 aliphatic heterocycles. The molecule has 0 aromatic heterocycles. The van der Waals surface area contributed by atoms with E-state index in [0.717, 1.165) is 39.4 Å². The maximum atomic E-state index is 11.0. The van der Waals surface area contributed by atoms with Gasteiger partial charge in [0.25, 0.3) is 5.97 Å². The van der Waals surface area contributed by atoms with Crippen LogP contribution in [0.15, 0.2) is 0 Å². The predicted octanol–water partition coefficient (Wildman–Crippen LogP) is 0.372. The fourth-order valence-corrected chi connectivity index (χ4v) is 1.76. The van der Waals surface area contributed by atoms with Crippen molar-refractivity contribution in [3.63, 3.8) is 0 Å². The first kappa shape index (κ1) is 10.2. The van der Waals surface area contributed by atoms with Crippen LogP contribution in [0.5, 0.6) is 0 Å². The Kier molecular flexibility index (Phi) is 3.42. The highest BCUT2D eigenvalue weighted by atomic mass is 16.4. The van der Waals surface area contributed by atoms with Gasteiger partial charge in [-0.1, -0.05) is 0 Å². The highest BCUT2D eigenvalue weighted by Crippen LogP contribution is 2.23. The van der Waals surface area contributed by atoms with Gasteiger partial charge in [0, 0.05) is 12.8 Å². The van der Waals surface area contributed by atoms with E-state index in [1.807, 2.05) is 0 Å². The zero-order valence-corrected chi connectivity index (χ0v) is 7.82. The minimum absolute atomic E-state index is 0.440. The molecule has 3 fully saturated rings. The van der Waals surface area contributed by atoms with Crippen LogP contribution in [0.2, 0.25) is 0 Å². The third-order valence-corrected chi connectivity index (χ3v) is 2.42. The summed E-state index contributed by atoms with van der Waals surface area (Å²) in [5.74, 6) is 0.0856. The number of Topliss-reactive ketones (excluding diaryl/α,β-unsaturated/α-hetero) is 1. The summed E-state index contributed by atoms with van der Waals surface area (Å²) in [5.41, 5.74) is 0. The number of carboxylic acid groups (broad SMARTS) is 1. The second-order valence-electron chi connectivity index (χ2n) is 3.54. The summed E-state index contributed by atoms with van der Waals surface area (Å²) >= 11 is 0. The minimum atomic E-state index is -0.833. The average Bonchev–Trinajstić information content (AvgIpc) is 2.04. The molecule has 3 aliphatic rings. The van der Waals surface area contributed by atoms with Crippen molar-refractivity contribution in [3.05, 3.63) is 0 Å². The molecule has 0 saturated carbocycles. The molecule has 0 spiro atoms. The number of hydrogen-bond acceptors (Lipinski definition) is 3. The van der Waals surface area contributed by atoms with Crippen molar-refractivity contribution >= 4 is 11.8 Å². The third-order valence-electron chi connectivity index (χ3n) is 2.42. The molecule has 74 valence electrons. The lowest BCUT2D eigenvalue weighted by molar-refractivity contribution is -0.134. The Labute approximate surface area is 77.5 Å². The lowest BCUT2D eigenvalue weighted by Gasteiger charge is -2.37. The molecule has 0 aliphatic carbocycles. The van der Waals surface area contributed by atoms with Crippen LogP contribution in [0, 0.1) is 5.92 Å². The summed E-state index contributed by atoms with van der Waals surface area (Å²) in [4.78, 5) is 22.3. The van der Waals surface area contributed by atoms with Gasteiger partial charge in [-0.25, -0.2) is 0 Å². The van der Waals surface area contributed by atoms with Crippen LogP contribution in [0.1, 0.15) is 19.8 Å². The van der Waals surface area contributed by atoms with Crippen molar-refractivity contribution < 1.29 is 14.7 Å². The van der Waals surface area contributed by atoms with Gasteiger partial charge in [-0.15, -0.1) is 0 Å². The standard InChI is InChI=1S/C7H11NO.C2H4O2/c9-7-5-8-3-1-6(7)2-4-8;1-2(3)4/h6H,1-5H2;1H3,(H,3,4). The second kappa shape index (κ2) is 4.37.